The van der Waals surface area contributed by atoms with E-state index in [-0.39, 0.29) is 11.0 Å². The van der Waals surface area contributed by atoms with Crippen molar-refractivity contribution in [2.75, 3.05) is 5.32 Å². The van der Waals surface area contributed by atoms with Crippen LogP contribution in [0.1, 0.15) is 17.0 Å². The van der Waals surface area contributed by atoms with Gasteiger partial charge in [0.15, 0.2) is 5.11 Å². The maximum Gasteiger partial charge on any atom is 0.238 e. The number of pyridine rings is 1. The Hall–Kier alpha value is -2.32. The Labute approximate surface area is 171 Å². The van der Waals surface area contributed by atoms with Gasteiger partial charge in [-0.25, -0.2) is 4.98 Å². The average molecular weight is 473 g/mol. The van der Waals surface area contributed by atoms with E-state index in [0.717, 1.165) is 14.7 Å². The molecule has 3 rings (SSSR count). The molecular weight excluding hydrogens is 457 g/mol. The van der Waals surface area contributed by atoms with Crippen LogP contribution in [0, 0.1) is 3.57 Å². The predicted molar refractivity (Wildman–Crippen MR) is 116 cm³/mol. The van der Waals surface area contributed by atoms with Crippen molar-refractivity contribution in [3.05, 3.63) is 93.7 Å². The van der Waals surface area contributed by atoms with Crippen LogP contribution < -0.4 is 10.6 Å². The van der Waals surface area contributed by atoms with Crippen molar-refractivity contribution in [1.29, 1.82) is 0 Å². The van der Waals surface area contributed by atoms with Gasteiger partial charge < -0.3 is 10.6 Å². The van der Waals surface area contributed by atoms with Crippen LogP contribution in [0.3, 0.4) is 0 Å². The van der Waals surface area contributed by atoms with Gasteiger partial charge >= 0.3 is 0 Å². The summed E-state index contributed by atoms with van der Waals surface area (Å²) < 4.78 is 1.02. The summed E-state index contributed by atoms with van der Waals surface area (Å²) in [6.45, 7) is 0. The highest BCUT2D eigenvalue weighted by molar-refractivity contribution is 14.1. The first kappa shape index (κ1) is 18.5. The number of benzene rings is 2. The molecule has 2 N–H and O–H groups in total. The molecule has 0 aliphatic carbocycles. The minimum Gasteiger partial charge on any atom is -0.317 e. The van der Waals surface area contributed by atoms with Gasteiger partial charge in [0.2, 0.25) is 5.91 Å². The molecule has 6 heteroatoms. The minimum absolute atomic E-state index is 0.189. The monoisotopic (exact) mass is 473 g/mol. The van der Waals surface area contributed by atoms with Crippen molar-refractivity contribution >= 4 is 51.6 Å². The van der Waals surface area contributed by atoms with Crippen molar-refractivity contribution in [3.8, 4) is 0 Å². The second-order valence-corrected chi connectivity index (χ2v) is 7.21. The van der Waals surface area contributed by atoms with Crippen molar-refractivity contribution in [3.63, 3.8) is 0 Å². The molecule has 0 fully saturated rings. The standard InChI is InChI=1S/C20H16IN3OS/c21-16-11-12-17(22-13-16)23-20(26)24-19(25)18(14-7-3-1-4-8-14)15-9-5-2-6-10-15/h1-13,18H,(H2,22,23,24,25,26). The molecule has 3 aromatic rings. The van der Waals surface area contributed by atoms with E-state index in [2.05, 4.69) is 38.2 Å². The molecule has 26 heavy (non-hydrogen) atoms. The summed E-state index contributed by atoms with van der Waals surface area (Å²) in [7, 11) is 0. The van der Waals surface area contributed by atoms with E-state index >= 15 is 0 Å². The highest BCUT2D eigenvalue weighted by Crippen LogP contribution is 2.24. The summed E-state index contributed by atoms with van der Waals surface area (Å²) in [4.78, 5) is 17.2. The highest BCUT2D eigenvalue weighted by Gasteiger charge is 2.23. The first-order valence-electron chi connectivity index (χ1n) is 7.97. The second-order valence-electron chi connectivity index (χ2n) is 5.56. The molecule has 0 radical (unpaired) electrons. The first-order valence-corrected chi connectivity index (χ1v) is 9.45. The molecule has 0 atom stereocenters. The van der Waals surface area contributed by atoms with Gasteiger partial charge in [-0.2, -0.15) is 0 Å². The molecule has 1 heterocycles. The van der Waals surface area contributed by atoms with Gasteiger partial charge in [-0.15, -0.1) is 0 Å². The number of aromatic nitrogens is 1. The Morgan fingerprint density at radius 2 is 1.50 bits per heavy atom. The molecule has 1 aromatic heterocycles. The molecule has 2 aromatic carbocycles. The molecule has 0 aliphatic rings. The molecule has 0 unspecified atom stereocenters. The van der Waals surface area contributed by atoms with E-state index < -0.39 is 5.92 Å². The summed E-state index contributed by atoms with van der Waals surface area (Å²) in [5, 5.41) is 5.95. The van der Waals surface area contributed by atoms with E-state index in [0.29, 0.717) is 5.82 Å². The zero-order valence-corrected chi connectivity index (χ0v) is 16.7. The minimum atomic E-state index is -0.443. The van der Waals surface area contributed by atoms with Crippen LogP contribution in [0.5, 0.6) is 0 Å². The number of halogens is 1. The van der Waals surface area contributed by atoms with E-state index in [1.165, 1.54) is 0 Å². The number of rotatable bonds is 4. The zero-order chi connectivity index (χ0) is 18.4. The number of amides is 1. The van der Waals surface area contributed by atoms with Gasteiger partial charge in [0, 0.05) is 9.77 Å². The van der Waals surface area contributed by atoms with Crippen LogP contribution in [0.2, 0.25) is 0 Å². The summed E-state index contributed by atoms with van der Waals surface area (Å²) in [6, 6.07) is 23.0. The number of thiocarbonyl (C=S) groups is 1. The van der Waals surface area contributed by atoms with Gasteiger partial charge in [-0.05, 0) is 58.1 Å². The van der Waals surface area contributed by atoms with Gasteiger partial charge in [-0.1, -0.05) is 60.7 Å². The Balaban J connectivity index is 1.77. The summed E-state index contributed by atoms with van der Waals surface area (Å²) in [5.74, 6) is -0.0427. The lowest BCUT2D eigenvalue weighted by atomic mass is 9.90. The molecule has 0 bridgehead atoms. The van der Waals surface area contributed by atoms with Crippen molar-refractivity contribution in [2.45, 2.75) is 5.92 Å². The second kappa shape index (κ2) is 8.86. The van der Waals surface area contributed by atoms with Gasteiger partial charge in [-0.3, -0.25) is 4.79 Å². The molecule has 130 valence electrons. The normalized spacial score (nSPS) is 10.4. The summed E-state index contributed by atoms with van der Waals surface area (Å²) in [6.07, 6.45) is 1.73. The van der Waals surface area contributed by atoms with Gasteiger partial charge in [0.1, 0.15) is 5.82 Å². The fourth-order valence-electron chi connectivity index (χ4n) is 2.57. The Morgan fingerprint density at radius 1 is 0.923 bits per heavy atom. The lowest BCUT2D eigenvalue weighted by Crippen LogP contribution is -2.38. The Bertz CT molecular complexity index is 846. The molecular formula is C20H16IN3OS. The number of carbonyl (C=O) groups is 1. The lowest BCUT2D eigenvalue weighted by molar-refractivity contribution is -0.120. The van der Waals surface area contributed by atoms with E-state index in [1.54, 1.807) is 6.20 Å². The van der Waals surface area contributed by atoms with Crippen LogP contribution in [-0.4, -0.2) is 16.0 Å². The van der Waals surface area contributed by atoms with Gasteiger partial charge in [0.05, 0.1) is 5.92 Å². The number of nitrogens with zero attached hydrogens (tertiary/aromatic N) is 1. The number of carbonyl (C=O) groups excluding carboxylic acids is 1. The SMILES string of the molecule is O=C(NC(=S)Nc1ccc(I)cn1)C(c1ccccc1)c1ccccc1. The quantitative estimate of drug-likeness (QED) is 0.438. The Morgan fingerprint density at radius 3 is 2.00 bits per heavy atom. The zero-order valence-electron chi connectivity index (χ0n) is 13.7. The van der Waals surface area contributed by atoms with Crippen molar-refractivity contribution < 1.29 is 4.79 Å². The average Bonchev–Trinajstić information content (AvgIpc) is 2.65. The maximum absolute atomic E-state index is 12.9. The number of anilines is 1. The maximum atomic E-state index is 12.9. The largest absolute Gasteiger partial charge is 0.317 e. The third-order valence-electron chi connectivity index (χ3n) is 3.73. The molecule has 0 saturated carbocycles. The van der Waals surface area contributed by atoms with Gasteiger partial charge in [0.25, 0.3) is 0 Å². The predicted octanol–water partition coefficient (Wildman–Crippen LogP) is 4.33. The first-order chi connectivity index (χ1) is 12.6. The van der Waals surface area contributed by atoms with Crippen molar-refractivity contribution in [2.24, 2.45) is 0 Å². The molecule has 1 amide bonds. The third kappa shape index (κ3) is 4.86. The summed E-state index contributed by atoms with van der Waals surface area (Å²) >= 11 is 7.46. The molecule has 0 aliphatic heterocycles. The topological polar surface area (TPSA) is 54.0 Å². The smallest absolute Gasteiger partial charge is 0.238 e. The number of hydrogen-bond acceptors (Lipinski definition) is 3. The third-order valence-corrected chi connectivity index (χ3v) is 4.58. The van der Waals surface area contributed by atoms with Crippen LogP contribution in [0.25, 0.3) is 0 Å². The van der Waals surface area contributed by atoms with Crippen LogP contribution >= 0.6 is 34.8 Å². The Kier molecular flexibility index (Phi) is 6.30. The fraction of sp³-hybridized carbons (Fsp3) is 0.0500. The number of nitrogens with one attached hydrogen (secondary N) is 2. The fourth-order valence-corrected chi connectivity index (χ4v) is 3.09. The van der Waals surface area contributed by atoms with Crippen LogP contribution in [0.4, 0.5) is 5.82 Å². The summed E-state index contributed by atoms with van der Waals surface area (Å²) in [5.41, 5.74) is 1.82. The van der Waals surface area contributed by atoms with E-state index in [1.807, 2.05) is 72.8 Å². The van der Waals surface area contributed by atoms with Crippen LogP contribution in [-0.2, 0) is 4.79 Å². The molecule has 0 saturated heterocycles. The van der Waals surface area contributed by atoms with E-state index in [4.69, 9.17) is 12.2 Å². The van der Waals surface area contributed by atoms with Crippen LogP contribution in [0.15, 0.2) is 79.0 Å². The van der Waals surface area contributed by atoms with Crippen molar-refractivity contribution in [1.82, 2.24) is 10.3 Å². The lowest BCUT2D eigenvalue weighted by Gasteiger charge is -2.18. The van der Waals surface area contributed by atoms with E-state index in [9.17, 15) is 4.79 Å². The highest BCUT2D eigenvalue weighted by atomic mass is 127. The molecule has 4 nitrogen and oxygen atoms in total. The number of hydrogen-bond donors (Lipinski definition) is 2. The molecule has 0 spiro atoms.